The number of rotatable bonds is 7. The lowest BCUT2D eigenvalue weighted by Crippen LogP contribution is -2.43. The average molecular weight is 511 g/mol. The molecule has 6 heteroatoms. The molecule has 0 spiro atoms. The molecule has 0 aliphatic heterocycles. The number of carbonyl (C=O) groups excluding carboxylic acids is 2. The average Bonchev–Trinajstić information content (AvgIpc) is 2.92. The summed E-state index contributed by atoms with van der Waals surface area (Å²) in [6, 6.07) is 21.0. The Balaban J connectivity index is 1.30. The van der Waals surface area contributed by atoms with Crippen molar-refractivity contribution in [3.8, 4) is 22.3 Å². The number of carbonyl (C=O) groups is 2. The largest absolute Gasteiger partial charge is 0.343 e. The Bertz CT molecular complexity index is 1280. The summed E-state index contributed by atoms with van der Waals surface area (Å²) >= 11 is 0. The number of nitrogens with two attached hydrogens (primary N) is 1. The van der Waals surface area contributed by atoms with E-state index < -0.39 is 0 Å². The van der Waals surface area contributed by atoms with E-state index >= 15 is 0 Å². The molecule has 3 aromatic rings. The molecule has 2 amide bonds. The van der Waals surface area contributed by atoms with Gasteiger partial charge in [-0.25, -0.2) is 4.98 Å². The van der Waals surface area contributed by atoms with Crippen LogP contribution >= 0.6 is 0 Å². The first-order valence-corrected chi connectivity index (χ1v) is 13.8. The summed E-state index contributed by atoms with van der Waals surface area (Å²) in [4.78, 5) is 31.1. The molecule has 5 rings (SSSR count). The van der Waals surface area contributed by atoms with Crippen LogP contribution in [0.15, 0.2) is 66.9 Å². The highest BCUT2D eigenvalue weighted by Gasteiger charge is 2.34. The van der Waals surface area contributed by atoms with E-state index in [9.17, 15) is 9.59 Å². The van der Waals surface area contributed by atoms with Crippen molar-refractivity contribution in [3.05, 3.63) is 72.4 Å². The van der Waals surface area contributed by atoms with Gasteiger partial charge in [0.05, 0.1) is 0 Å². The van der Waals surface area contributed by atoms with Crippen LogP contribution in [0.5, 0.6) is 0 Å². The molecule has 2 saturated carbocycles. The first kappa shape index (κ1) is 26.1. The number of hydrogen-bond acceptors (Lipinski definition) is 4. The van der Waals surface area contributed by atoms with Gasteiger partial charge in [0.2, 0.25) is 11.8 Å². The van der Waals surface area contributed by atoms with Crippen molar-refractivity contribution in [1.82, 2.24) is 9.88 Å². The van der Waals surface area contributed by atoms with E-state index in [-0.39, 0.29) is 23.4 Å². The van der Waals surface area contributed by atoms with Crippen LogP contribution in [-0.4, -0.2) is 34.8 Å². The topological polar surface area (TPSA) is 88.3 Å². The van der Waals surface area contributed by atoms with E-state index in [1.165, 1.54) is 12.0 Å². The number of amides is 2. The molecule has 6 nitrogen and oxygen atoms in total. The van der Waals surface area contributed by atoms with Crippen molar-refractivity contribution in [1.29, 1.82) is 0 Å². The number of anilines is 1. The second-order valence-corrected chi connectivity index (χ2v) is 11.1. The summed E-state index contributed by atoms with van der Waals surface area (Å²) in [6.45, 7) is 1.61. The van der Waals surface area contributed by atoms with Crippen LogP contribution in [0, 0.1) is 5.92 Å². The number of aromatic nitrogens is 1. The lowest BCUT2D eigenvalue weighted by molar-refractivity contribution is -0.130. The van der Waals surface area contributed by atoms with Gasteiger partial charge in [-0.3, -0.25) is 9.59 Å². The van der Waals surface area contributed by atoms with Crippen LogP contribution in [0.4, 0.5) is 5.82 Å². The number of nitrogens with one attached hydrogen (secondary N) is 1. The lowest BCUT2D eigenvalue weighted by atomic mass is 9.72. The Morgan fingerprint density at radius 1 is 0.974 bits per heavy atom. The molecule has 198 valence electrons. The molecule has 0 saturated heterocycles. The van der Waals surface area contributed by atoms with E-state index in [1.54, 1.807) is 6.92 Å². The molecule has 2 aliphatic carbocycles. The Morgan fingerprint density at radius 2 is 1.63 bits per heavy atom. The fourth-order valence-electron chi connectivity index (χ4n) is 5.89. The molecule has 0 radical (unpaired) electrons. The van der Waals surface area contributed by atoms with Gasteiger partial charge in [0.1, 0.15) is 5.82 Å². The van der Waals surface area contributed by atoms with Gasteiger partial charge < -0.3 is 16.0 Å². The lowest BCUT2D eigenvalue weighted by Gasteiger charge is -2.38. The summed E-state index contributed by atoms with van der Waals surface area (Å²) in [5.74, 6) is 0.993. The summed E-state index contributed by atoms with van der Waals surface area (Å²) in [7, 11) is 1.87. The summed E-state index contributed by atoms with van der Waals surface area (Å²) in [6.07, 6.45) is 9.40. The third kappa shape index (κ3) is 5.65. The molecule has 1 heterocycles. The standard InChI is InChI=1S/C32H38N4O2/c1-22(37)36(2)27-15-9-23(10-16-27)19-31(38)35-30-20-28(24-7-4-3-5-8-24)29(21-34-30)25-11-13-26(14-12-25)32(33)17-6-18-32/h3-5,7-8,11-14,20-21,23,27H,6,9-10,15-19,33H2,1-2H3,(H,34,35,38)/t23-,27-. The zero-order valence-corrected chi connectivity index (χ0v) is 22.5. The van der Waals surface area contributed by atoms with Crippen LogP contribution < -0.4 is 11.1 Å². The van der Waals surface area contributed by atoms with E-state index in [1.807, 2.05) is 42.4 Å². The first-order chi connectivity index (χ1) is 18.3. The minimum Gasteiger partial charge on any atom is -0.343 e. The fraction of sp³-hybridized carbons (Fsp3) is 0.406. The van der Waals surface area contributed by atoms with Gasteiger partial charge >= 0.3 is 0 Å². The molecule has 1 aromatic heterocycles. The van der Waals surface area contributed by atoms with E-state index in [0.717, 1.165) is 60.8 Å². The Labute approximate surface area is 225 Å². The molecular weight excluding hydrogens is 472 g/mol. The monoisotopic (exact) mass is 510 g/mol. The maximum atomic E-state index is 12.9. The van der Waals surface area contributed by atoms with Crippen molar-refractivity contribution < 1.29 is 9.59 Å². The predicted molar refractivity (Wildman–Crippen MR) is 152 cm³/mol. The zero-order valence-electron chi connectivity index (χ0n) is 22.5. The number of benzene rings is 2. The zero-order chi connectivity index (χ0) is 26.7. The number of pyridine rings is 1. The SMILES string of the molecule is CC(=O)N(C)[C@H]1CC[C@H](CC(=O)Nc2cc(-c3ccccc3)c(-c3ccc(C4(N)CCC4)cc3)cn2)CC1. The third-order valence-electron chi connectivity index (χ3n) is 8.61. The molecule has 3 N–H and O–H groups in total. The van der Waals surface area contributed by atoms with Crippen LogP contribution in [-0.2, 0) is 15.1 Å². The molecule has 0 bridgehead atoms. The molecule has 2 aliphatic rings. The summed E-state index contributed by atoms with van der Waals surface area (Å²) in [5.41, 5.74) is 11.7. The van der Waals surface area contributed by atoms with Crippen molar-refractivity contribution in [3.63, 3.8) is 0 Å². The number of hydrogen-bond donors (Lipinski definition) is 2. The Kier molecular flexibility index (Phi) is 7.61. The maximum absolute atomic E-state index is 12.9. The smallest absolute Gasteiger partial charge is 0.225 e. The van der Waals surface area contributed by atoms with E-state index in [4.69, 9.17) is 5.73 Å². The molecule has 2 aromatic carbocycles. The van der Waals surface area contributed by atoms with Gasteiger partial charge in [-0.15, -0.1) is 0 Å². The minimum absolute atomic E-state index is 0.00858. The van der Waals surface area contributed by atoms with Gasteiger partial charge in [-0.1, -0.05) is 54.6 Å². The molecular formula is C32H38N4O2. The maximum Gasteiger partial charge on any atom is 0.225 e. The van der Waals surface area contributed by atoms with Crippen LogP contribution in [0.2, 0.25) is 0 Å². The predicted octanol–water partition coefficient (Wildman–Crippen LogP) is 6.12. The van der Waals surface area contributed by atoms with Gasteiger partial charge in [0.25, 0.3) is 0 Å². The van der Waals surface area contributed by atoms with Crippen LogP contribution in [0.1, 0.15) is 63.9 Å². The van der Waals surface area contributed by atoms with E-state index in [0.29, 0.717) is 18.2 Å². The van der Waals surface area contributed by atoms with Crippen molar-refractivity contribution >= 4 is 17.6 Å². The molecule has 0 unspecified atom stereocenters. The normalized spacial score (nSPS) is 20.3. The third-order valence-corrected chi connectivity index (χ3v) is 8.61. The summed E-state index contributed by atoms with van der Waals surface area (Å²) < 4.78 is 0. The second-order valence-electron chi connectivity index (χ2n) is 11.1. The van der Waals surface area contributed by atoms with Crippen LogP contribution in [0.25, 0.3) is 22.3 Å². The van der Waals surface area contributed by atoms with Crippen LogP contribution in [0.3, 0.4) is 0 Å². The minimum atomic E-state index is -0.185. The highest BCUT2D eigenvalue weighted by atomic mass is 16.2. The molecule has 38 heavy (non-hydrogen) atoms. The quantitative estimate of drug-likeness (QED) is 0.401. The van der Waals surface area contributed by atoms with Crippen molar-refractivity contribution in [2.75, 3.05) is 12.4 Å². The first-order valence-electron chi connectivity index (χ1n) is 13.8. The number of nitrogens with zero attached hydrogens (tertiary/aromatic N) is 2. The fourth-order valence-corrected chi connectivity index (χ4v) is 5.89. The Hall–Kier alpha value is -3.51. The second kappa shape index (κ2) is 11.1. The van der Waals surface area contributed by atoms with Gasteiger partial charge in [-0.2, -0.15) is 0 Å². The molecule has 0 atom stereocenters. The Morgan fingerprint density at radius 3 is 2.24 bits per heavy atom. The van der Waals surface area contributed by atoms with Crippen molar-refractivity contribution in [2.45, 2.75) is 69.9 Å². The van der Waals surface area contributed by atoms with Gasteiger partial charge in [-0.05, 0) is 79.2 Å². The molecule has 2 fully saturated rings. The van der Waals surface area contributed by atoms with E-state index in [2.05, 4.69) is 46.7 Å². The highest BCUT2D eigenvalue weighted by Crippen LogP contribution is 2.40. The van der Waals surface area contributed by atoms with Crippen molar-refractivity contribution in [2.24, 2.45) is 11.7 Å². The van der Waals surface area contributed by atoms with Gasteiger partial charge in [0.15, 0.2) is 0 Å². The van der Waals surface area contributed by atoms with Gasteiger partial charge in [0, 0.05) is 43.7 Å². The highest BCUT2D eigenvalue weighted by molar-refractivity contribution is 5.92. The summed E-state index contributed by atoms with van der Waals surface area (Å²) in [5, 5.41) is 3.04.